The second kappa shape index (κ2) is 7.07. The lowest BCUT2D eigenvalue weighted by Crippen LogP contribution is -2.30. The van der Waals surface area contributed by atoms with Crippen LogP contribution in [0.2, 0.25) is 0 Å². The molecule has 1 aromatic rings. The van der Waals surface area contributed by atoms with Gasteiger partial charge in [-0.2, -0.15) is 0 Å². The SMILES string of the molecule is Cl.NCC(=O)NCc1ccccc1OC(F)(F)F. The van der Waals surface area contributed by atoms with Crippen molar-refractivity contribution in [1.29, 1.82) is 0 Å². The molecule has 3 N–H and O–H groups in total. The predicted octanol–water partition coefficient (Wildman–Crippen LogP) is 1.58. The van der Waals surface area contributed by atoms with Gasteiger partial charge in [0, 0.05) is 12.1 Å². The zero-order valence-electron chi connectivity index (χ0n) is 9.16. The Morgan fingerprint density at radius 3 is 2.50 bits per heavy atom. The summed E-state index contributed by atoms with van der Waals surface area (Å²) in [6.45, 7) is -0.287. The number of hydrogen-bond donors (Lipinski definition) is 2. The number of nitrogens with two attached hydrogens (primary N) is 1. The molecule has 8 heteroatoms. The summed E-state index contributed by atoms with van der Waals surface area (Å²) in [7, 11) is 0. The monoisotopic (exact) mass is 284 g/mol. The van der Waals surface area contributed by atoms with Gasteiger partial charge in [-0.05, 0) is 6.07 Å². The van der Waals surface area contributed by atoms with Crippen molar-refractivity contribution in [1.82, 2.24) is 5.32 Å². The van der Waals surface area contributed by atoms with Gasteiger partial charge in [0.25, 0.3) is 0 Å². The first-order chi connectivity index (χ1) is 7.92. The topological polar surface area (TPSA) is 64.4 Å². The van der Waals surface area contributed by atoms with E-state index in [1.54, 1.807) is 6.07 Å². The number of benzene rings is 1. The summed E-state index contributed by atoms with van der Waals surface area (Å²) in [6, 6.07) is 5.57. The fraction of sp³-hybridized carbons (Fsp3) is 0.300. The molecule has 0 radical (unpaired) electrons. The van der Waals surface area contributed by atoms with Crippen LogP contribution in [0.5, 0.6) is 5.75 Å². The number of rotatable bonds is 4. The minimum Gasteiger partial charge on any atom is -0.405 e. The third kappa shape index (κ3) is 5.74. The minimum atomic E-state index is -4.76. The third-order valence-corrected chi connectivity index (χ3v) is 1.86. The smallest absolute Gasteiger partial charge is 0.405 e. The van der Waals surface area contributed by atoms with Gasteiger partial charge in [0.05, 0.1) is 6.54 Å². The Bertz CT molecular complexity index is 399. The summed E-state index contributed by atoms with van der Waals surface area (Å²) in [5.74, 6) is -0.788. The van der Waals surface area contributed by atoms with E-state index < -0.39 is 12.3 Å². The molecule has 1 aromatic carbocycles. The average molecular weight is 285 g/mol. The molecular weight excluding hydrogens is 273 g/mol. The first-order valence-corrected chi connectivity index (χ1v) is 4.73. The van der Waals surface area contributed by atoms with Crippen molar-refractivity contribution >= 4 is 18.3 Å². The van der Waals surface area contributed by atoms with Gasteiger partial charge in [0.15, 0.2) is 0 Å². The fourth-order valence-electron chi connectivity index (χ4n) is 1.14. The molecule has 1 rings (SSSR count). The van der Waals surface area contributed by atoms with Gasteiger partial charge >= 0.3 is 6.36 Å². The molecule has 0 aromatic heterocycles. The lowest BCUT2D eigenvalue weighted by molar-refractivity contribution is -0.274. The van der Waals surface area contributed by atoms with E-state index >= 15 is 0 Å². The van der Waals surface area contributed by atoms with Crippen molar-refractivity contribution in [3.05, 3.63) is 29.8 Å². The lowest BCUT2D eigenvalue weighted by atomic mass is 10.2. The van der Waals surface area contributed by atoms with Gasteiger partial charge in [0.1, 0.15) is 5.75 Å². The van der Waals surface area contributed by atoms with E-state index in [-0.39, 0.29) is 36.8 Å². The van der Waals surface area contributed by atoms with Crippen molar-refractivity contribution < 1.29 is 22.7 Å². The van der Waals surface area contributed by atoms with E-state index in [1.807, 2.05) is 0 Å². The van der Waals surface area contributed by atoms with Gasteiger partial charge < -0.3 is 15.8 Å². The van der Waals surface area contributed by atoms with Gasteiger partial charge in [-0.1, -0.05) is 18.2 Å². The molecule has 102 valence electrons. The summed E-state index contributed by atoms with van der Waals surface area (Å²) < 4.78 is 40.0. The second-order valence-corrected chi connectivity index (χ2v) is 3.14. The minimum absolute atomic E-state index is 0. The Morgan fingerprint density at radius 2 is 1.94 bits per heavy atom. The number of nitrogens with one attached hydrogen (secondary N) is 1. The molecular formula is C10H12ClF3N2O2. The highest BCUT2D eigenvalue weighted by molar-refractivity contribution is 5.85. The zero-order chi connectivity index (χ0) is 12.9. The molecule has 0 aliphatic rings. The molecule has 0 atom stereocenters. The molecule has 0 saturated heterocycles. The Morgan fingerprint density at radius 1 is 1.33 bits per heavy atom. The van der Waals surface area contributed by atoms with Crippen LogP contribution in [0.1, 0.15) is 5.56 Å². The highest BCUT2D eigenvalue weighted by Gasteiger charge is 2.31. The number of hydrogen-bond acceptors (Lipinski definition) is 3. The van der Waals surface area contributed by atoms with Crippen LogP contribution in [-0.2, 0) is 11.3 Å². The molecule has 0 fully saturated rings. The predicted molar refractivity (Wildman–Crippen MR) is 61.3 cm³/mol. The lowest BCUT2D eigenvalue weighted by Gasteiger charge is -2.13. The number of para-hydroxylation sites is 1. The highest BCUT2D eigenvalue weighted by Crippen LogP contribution is 2.25. The first-order valence-electron chi connectivity index (χ1n) is 4.73. The van der Waals surface area contributed by atoms with Gasteiger partial charge in [-0.3, -0.25) is 4.79 Å². The standard InChI is InChI=1S/C10H11F3N2O2.ClH/c11-10(12,13)17-8-4-2-1-3-7(8)6-15-9(16)5-14;/h1-4H,5-6,14H2,(H,15,16);1H. The van der Waals surface area contributed by atoms with Crippen molar-refractivity contribution in [2.24, 2.45) is 5.73 Å². The quantitative estimate of drug-likeness (QED) is 0.882. The molecule has 0 saturated carbocycles. The van der Waals surface area contributed by atoms with E-state index in [1.165, 1.54) is 18.2 Å². The van der Waals surface area contributed by atoms with E-state index in [2.05, 4.69) is 10.1 Å². The molecule has 4 nitrogen and oxygen atoms in total. The maximum atomic E-state index is 12.1. The number of ether oxygens (including phenoxy) is 1. The third-order valence-electron chi connectivity index (χ3n) is 1.86. The molecule has 18 heavy (non-hydrogen) atoms. The Balaban J connectivity index is 0.00000289. The fourth-order valence-corrected chi connectivity index (χ4v) is 1.14. The maximum absolute atomic E-state index is 12.1. The van der Waals surface area contributed by atoms with Crippen LogP contribution in [0.15, 0.2) is 24.3 Å². The summed E-state index contributed by atoms with van der Waals surface area (Å²) in [5, 5.41) is 2.36. The molecule has 0 aliphatic heterocycles. The van der Waals surface area contributed by atoms with Crippen LogP contribution in [-0.4, -0.2) is 18.8 Å². The largest absolute Gasteiger partial charge is 0.573 e. The molecule has 0 unspecified atom stereocenters. The molecule has 0 heterocycles. The highest BCUT2D eigenvalue weighted by atomic mass is 35.5. The van der Waals surface area contributed by atoms with E-state index in [4.69, 9.17) is 5.73 Å². The summed E-state index contributed by atoms with van der Waals surface area (Å²) in [4.78, 5) is 10.9. The van der Waals surface area contributed by atoms with Crippen LogP contribution >= 0.6 is 12.4 Å². The first kappa shape index (κ1) is 16.5. The van der Waals surface area contributed by atoms with Crippen molar-refractivity contribution in [3.8, 4) is 5.75 Å². The zero-order valence-corrected chi connectivity index (χ0v) is 9.98. The van der Waals surface area contributed by atoms with Crippen LogP contribution in [0.25, 0.3) is 0 Å². The van der Waals surface area contributed by atoms with Crippen LogP contribution in [0, 0.1) is 0 Å². The van der Waals surface area contributed by atoms with Crippen molar-refractivity contribution in [2.45, 2.75) is 12.9 Å². The van der Waals surface area contributed by atoms with E-state index in [0.29, 0.717) is 0 Å². The molecule has 0 spiro atoms. The summed E-state index contributed by atoms with van der Waals surface area (Å²) in [5.41, 5.74) is 5.28. The normalized spacial score (nSPS) is 10.4. The van der Waals surface area contributed by atoms with Crippen molar-refractivity contribution in [2.75, 3.05) is 6.54 Å². The molecule has 0 aliphatic carbocycles. The van der Waals surface area contributed by atoms with Crippen LogP contribution in [0.3, 0.4) is 0 Å². The van der Waals surface area contributed by atoms with Gasteiger partial charge in [-0.15, -0.1) is 25.6 Å². The Kier molecular flexibility index (Phi) is 6.50. The Hall–Kier alpha value is -1.47. The number of carbonyl (C=O) groups is 1. The number of carbonyl (C=O) groups excluding carboxylic acids is 1. The van der Waals surface area contributed by atoms with Gasteiger partial charge in [-0.25, -0.2) is 0 Å². The number of amides is 1. The van der Waals surface area contributed by atoms with Crippen LogP contribution in [0.4, 0.5) is 13.2 Å². The number of halogens is 4. The molecule has 0 bridgehead atoms. The second-order valence-electron chi connectivity index (χ2n) is 3.14. The van der Waals surface area contributed by atoms with Gasteiger partial charge in [0.2, 0.25) is 5.91 Å². The number of alkyl halides is 3. The molecule has 1 amide bonds. The maximum Gasteiger partial charge on any atom is 0.573 e. The summed E-state index contributed by atoms with van der Waals surface area (Å²) in [6.07, 6.45) is -4.76. The average Bonchev–Trinajstić information content (AvgIpc) is 2.25. The van der Waals surface area contributed by atoms with E-state index in [0.717, 1.165) is 0 Å². The summed E-state index contributed by atoms with van der Waals surface area (Å²) >= 11 is 0. The Labute approximate surface area is 108 Å². The van der Waals surface area contributed by atoms with Crippen molar-refractivity contribution in [3.63, 3.8) is 0 Å². The van der Waals surface area contributed by atoms with E-state index in [9.17, 15) is 18.0 Å². The van der Waals surface area contributed by atoms with Crippen LogP contribution < -0.4 is 15.8 Å².